The van der Waals surface area contributed by atoms with Gasteiger partial charge in [0.15, 0.2) is 0 Å². The zero-order valence-corrected chi connectivity index (χ0v) is 12.3. The average Bonchev–Trinajstić information content (AvgIpc) is 2.39. The van der Waals surface area contributed by atoms with Gasteiger partial charge in [0.1, 0.15) is 6.04 Å². The molecule has 19 heavy (non-hydrogen) atoms. The monoisotopic (exact) mass is 306 g/mol. The SMILES string of the molecule is NN[C@@H](CC1(CCCl)C=CC(CCCl)=CC1)C(=O)O. The maximum absolute atomic E-state index is 11.1. The van der Waals surface area contributed by atoms with Crippen molar-refractivity contribution in [3.63, 3.8) is 0 Å². The molecule has 1 aliphatic carbocycles. The summed E-state index contributed by atoms with van der Waals surface area (Å²) in [5.41, 5.74) is 3.29. The molecular weight excluding hydrogens is 287 g/mol. The molecular formula is C13H20Cl2N2O2. The van der Waals surface area contributed by atoms with E-state index in [1.54, 1.807) is 0 Å². The zero-order valence-electron chi connectivity index (χ0n) is 10.7. The lowest BCUT2D eigenvalue weighted by Gasteiger charge is -2.34. The first-order valence-corrected chi connectivity index (χ1v) is 7.33. The Hall–Kier alpha value is -0.550. The fourth-order valence-corrected chi connectivity index (χ4v) is 2.89. The molecule has 0 heterocycles. The molecule has 0 amide bonds. The fraction of sp³-hybridized carbons (Fsp3) is 0.615. The quantitative estimate of drug-likeness (QED) is 0.366. The molecule has 1 aliphatic rings. The highest BCUT2D eigenvalue weighted by molar-refractivity contribution is 6.18. The second kappa shape index (κ2) is 7.90. The molecule has 0 aromatic rings. The van der Waals surface area contributed by atoms with Gasteiger partial charge in [0.25, 0.3) is 0 Å². The number of allylic oxidation sites excluding steroid dienone is 4. The Bertz CT molecular complexity index is 372. The van der Waals surface area contributed by atoms with Gasteiger partial charge in [-0.2, -0.15) is 0 Å². The summed E-state index contributed by atoms with van der Waals surface area (Å²) < 4.78 is 0. The van der Waals surface area contributed by atoms with Crippen LogP contribution in [0.1, 0.15) is 25.7 Å². The molecule has 6 heteroatoms. The molecule has 0 bridgehead atoms. The zero-order chi connectivity index (χ0) is 14.3. The van der Waals surface area contributed by atoms with Crippen LogP contribution in [0.25, 0.3) is 0 Å². The van der Waals surface area contributed by atoms with E-state index in [4.69, 9.17) is 34.2 Å². The van der Waals surface area contributed by atoms with E-state index in [0.29, 0.717) is 18.2 Å². The highest BCUT2D eigenvalue weighted by Crippen LogP contribution is 2.38. The molecule has 0 spiro atoms. The topological polar surface area (TPSA) is 75.3 Å². The molecule has 1 rings (SSSR count). The molecule has 0 aliphatic heterocycles. The summed E-state index contributed by atoms with van der Waals surface area (Å²) >= 11 is 11.6. The molecule has 0 aromatic heterocycles. The standard InChI is InChI=1S/C13H20Cl2N2O2/c14-7-3-10-1-4-13(5-2-10,6-8-15)9-11(17-16)12(18)19/h1-2,4,11,17H,3,5-9,16H2,(H,18,19)/t11-,13?/m0/s1. The van der Waals surface area contributed by atoms with Crippen LogP contribution in [-0.4, -0.2) is 28.9 Å². The summed E-state index contributed by atoms with van der Waals surface area (Å²) in [6.07, 6.45) is 8.94. The number of carbonyl (C=O) groups is 1. The Morgan fingerprint density at radius 2 is 2.26 bits per heavy atom. The summed E-state index contributed by atoms with van der Waals surface area (Å²) in [6, 6.07) is -0.768. The van der Waals surface area contributed by atoms with Crippen LogP contribution < -0.4 is 11.3 Å². The van der Waals surface area contributed by atoms with Crippen LogP contribution in [0, 0.1) is 5.41 Å². The van der Waals surface area contributed by atoms with Crippen molar-refractivity contribution in [3.05, 3.63) is 23.8 Å². The average molecular weight is 307 g/mol. The predicted molar refractivity (Wildman–Crippen MR) is 78.3 cm³/mol. The van der Waals surface area contributed by atoms with Gasteiger partial charge in [-0.1, -0.05) is 23.8 Å². The number of hydrazine groups is 1. The van der Waals surface area contributed by atoms with Gasteiger partial charge in [-0.3, -0.25) is 10.6 Å². The van der Waals surface area contributed by atoms with Crippen LogP contribution >= 0.6 is 23.2 Å². The summed E-state index contributed by atoms with van der Waals surface area (Å²) in [5, 5.41) is 9.09. The summed E-state index contributed by atoms with van der Waals surface area (Å²) in [6.45, 7) is 0. The molecule has 1 unspecified atom stereocenters. The Balaban J connectivity index is 2.78. The van der Waals surface area contributed by atoms with Crippen molar-refractivity contribution < 1.29 is 9.90 Å². The van der Waals surface area contributed by atoms with E-state index in [1.807, 2.05) is 6.08 Å². The molecule has 4 N–H and O–H groups in total. The highest BCUT2D eigenvalue weighted by atomic mass is 35.5. The van der Waals surface area contributed by atoms with Gasteiger partial charge in [-0.15, -0.1) is 23.2 Å². The third-order valence-corrected chi connectivity index (χ3v) is 3.89. The summed E-state index contributed by atoms with van der Waals surface area (Å²) in [4.78, 5) is 11.1. The molecule has 108 valence electrons. The molecule has 2 atom stereocenters. The van der Waals surface area contributed by atoms with E-state index in [1.165, 1.54) is 5.57 Å². The number of hydrogen-bond donors (Lipinski definition) is 3. The lowest BCUT2D eigenvalue weighted by molar-refractivity contribution is -0.140. The van der Waals surface area contributed by atoms with Crippen molar-refractivity contribution in [2.24, 2.45) is 11.3 Å². The van der Waals surface area contributed by atoms with Gasteiger partial charge in [0.05, 0.1) is 0 Å². The second-order valence-electron chi connectivity index (χ2n) is 4.82. The Kier molecular flexibility index (Phi) is 6.86. The first kappa shape index (κ1) is 16.5. The van der Waals surface area contributed by atoms with Crippen molar-refractivity contribution in [2.45, 2.75) is 31.7 Å². The normalized spacial score (nSPS) is 24.1. The minimum absolute atomic E-state index is 0.243. The largest absolute Gasteiger partial charge is 0.480 e. The number of carboxylic acid groups (broad SMARTS) is 1. The Labute approximate surface area is 123 Å². The third kappa shape index (κ3) is 4.80. The van der Waals surface area contributed by atoms with E-state index in [0.717, 1.165) is 19.3 Å². The number of rotatable bonds is 8. The maximum atomic E-state index is 11.1. The van der Waals surface area contributed by atoms with Crippen LogP contribution in [0.3, 0.4) is 0 Å². The molecule has 0 saturated heterocycles. The van der Waals surface area contributed by atoms with Crippen LogP contribution in [0.2, 0.25) is 0 Å². The second-order valence-corrected chi connectivity index (χ2v) is 5.57. The van der Waals surface area contributed by atoms with Gasteiger partial charge >= 0.3 is 5.97 Å². The molecule has 0 radical (unpaired) electrons. The van der Waals surface area contributed by atoms with Crippen molar-refractivity contribution in [1.29, 1.82) is 0 Å². The Morgan fingerprint density at radius 3 is 2.68 bits per heavy atom. The minimum Gasteiger partial charge on any atom is -0.480 e. The van der Waals surface area contributed by atoms with Gasteiger partial charge in [0.2, 0.25) is 0 Å². The van der Waals surface area contributed by atoms with Crippen LogP contribution in [0.4, 0.5) is 0 Å². The molecule has 0 fully saturated rings. The molecule has 0 saturated carbocycles. The van der Waals surface area contributed by atoms with Gasteiger partial charge in [-0.05, 0) is 31.1 Å². The minimum atomic E-state index is -0.944. The smallest absolute Gasteiger partial charge is 0.322 e. The lowest BCUT2D eigenvalue weighted by atomic mass is 9.73. The van der Waals surface area contributed by atoms with Crippen molar-refractivity contribution in [3.8, 4) is 0 Å². The third-order valence-electron chi connectivity index (χ3n) is 3.51. The van der Waals surface area contributed by atoms with Crippen LogP contribution in [0.5, 0.6) is 0 Å². The summed E-state index contributed by atoms with van der Waals surface area (Å²) in [5.74, 6) is 5.43. The van der Waals surface area contributed by atoms with Crippen molar-refractivity contribution in [2.75, 3.05) is 11.8 Å². The number of aliphatic carboxylic acids is 1. The maximum Gasteiger partial charge on any atom is 0.322 e. The first-order valence-electron chi connectivity index (χ1n) is 6.26. The Morgan fingerprint density at radius 1 is 1.53 bits per heavy atom. The van der Waals surface area contributed by atoms with Crippen molar-refractivity contribution >= 4 is 29.2 Å². The van der Waals surface area contributed by atoms with E-state index in [9.17, 15) is 4.79 Å². The number of hydrogen-bond acceptors (Lipinski definition) is 3. The number of nitrogens with two attached hydrogens (primary N) is 1. The first-order chi connectivity index (χ1) is 9.06. The van der Waals surface area contributed by atoms with E-state index < -0.39 is 12.0 Å². The van der Waals surface area contributed by atoms with Gasteiger partial charge in [-0.25, -0.2) is 5.43 Å². The fourth-order valence-electron chi connectivity index (χ4n) is 2.30. The number of halogens is 2. The van der Waals surface area contributed by atoms with Crippen LogP contribution in [-0.2, 0) is 4.79 Å². The molecule has 4 nitrogen and oxygen atoms in total. The van der Waals surface area contributed by atoms with E-state index in [2.05, 4.69) is 17.6 Å². The summed E-state index contributed by atoms with van der Waals surface area (Å²) in [7, 11) is 0. The highest BCUT2D eigenvalue weighted by Gasteiger charge is 2.33. The van der Waals surface area contributed by atoms with Gasteiger partial charge < -0.3 is 5.11 Å². The van der Waals surface area contributed by atoms with Crippen molar-refractivity contribution in [1.82, 2.24) is 5.43 Å². The number of carboxylic acids is 1. The van der Waals surface area contributed by atoms with Gasteiger partial charge in [0, 0.05) is 11.8 Å². The number of alkyl halides is 2. The van der Waals surface area contributed by atoms with Crippen LogP contribution in [0.15, 0.2) is 23.8 Å². The number of nitrogens with one attached hydrogen (secondary N) is 1. The van der Waals surface area contributed by atoms with E-state index in [-0.39, 0.29) is 5.41 Å². The lowest BCUT2D eigenvalue weighted by Crippen LogP contribution is -2.45. The molecule has 0 aromatic carbocycles. The van der Waals surface area contributed by atoms with E-state index >= 15 is 0 Å². The predicted octanol–water partition coefficient (Wildman–Crippen LogP) is 2.42.